The van der Waals surface area contributed by atoms with Crippen LogP contribution >= 0.6 is 0 Å². The number of nitrogens with one attached hydrogen (secondary N) is 2. The van der Waals surface area contributed by atoms with Gasteiger partial charge in [-0.1, -0.05) is 19.9 Å². The second-order valence-corrected chi connectivity index (χ2v) is 7.21. The van der Waals surface area contributed by atoms with E-state index >= 15 is 0 Å². The van der Waals surface area contributed by atoms with E-state index in [1.165, 1.54) is 5.56 Å². The van der Waals surface area contributed by atoms with Gasteiger partial charge in [0.15, 0.2) is 6.10 Å². The summed E-state index contributed by atoms with van der Waals surface area (Å²) >= 11 is 0. The number of ether oxygens (including phenoxy) is 2. The van der Waals surface area contributed by atoms with Crippen LogP contribution in [0.2, 0.25) is 0 Å². The zero-order valence-corrected chi connectivity index (χ0v) is 17.7. The van der Waals surface area contributed by atoms with Gasteiger partial charge >= 0.3 is 0 Å². The lowest BCUT2D eigenvalue weighted by Gasteiger charge is -2.17. The van der Waals surface area contributed by atoms with Crippen LogP contribution in [-0.4, -0.2) is 38.1 Å². The smallest absolute Gasteiger partial charge is 0.260 e. The molecule has 0 aliphatic rings. The van der Waals surface area contributed by atoms with Crippen molar-refractivity contribution in [2.45, 2.75) is 39.7 Å². The van der Waals surface area contributed by atoms with Crippen molar-refractivity contribution in [3.63, 3.8) is 0 Å². The molecule has 2 aromatic carbocycles. The van der Waals surface area contributed by atoms with Crippen LogP contribution in [0.4, 0.5) is 0 Å². The van der Waals surface area contributed by atoms with E-state index in [0.717, 1.165) is 5.56 Å². The van der Waals surface area contributed by atoms with Crippen molar-refractivity contribution in [1.82, 2.24) is 10.6 Å². The highest BCUT2D eigenvalue weighted by Crippen LogP contribution is 2.24. The van der Waals surface area contributed by atoms with Gasteiger partial charge in [-0.25, -0.2) is 0 Å². The van der Waals surface area contributed by atoms with E-state index in [1.807, 2.05) is 25.1 Å². The number of rotatable bonds is 9. The van der Waals surface area contributed by atoms with E-state index in [4.69, 9.17) is 9.47 Å². The molecule has 0 spiro atoms. The van der Waals surface area contributed by atoms with Gasteiger partial charge in [0, 0.05) is 18.7 Å². The summed E-state index contributed by atoms with van der Waals surface area (Å²) < 4.78 is 10.8. The van der Waals surface area contributed by atoms with Crippen LogP contribution in [0.15, 0.2) is 42.5 Å². The largest absolute Gasteiger partial charge is 0.497 e. The molecule has 2 N–H and O–H groups in total. The molecule has 0 radical (unpaired) electrons. The van der Waals surface area contributed by atoms with Crippen LogP contribution < -0.4 is 20.1 Å². The Morgan fingerprint density at radius 3 is 2.14 bits per heavy atom. The molecular formula is C23H30N2O4. The Hall–Kier alpha value is -3.02. The second kappa shape index (κ2) is 10.5. The van der Waals surface area contributed by atoms with E-state index in [9.17, 15) is 9.59 Å². The first-order valence-corrected chi connectivity index (χ1v) is 9.79. The van der Waals surface area contributed by atoms with Crippen LogP contribution in [0.5, 0.6) is 11.5 Å². The Kier molecular flexibility index (Phi) is 8.07. The van der Waals surface area contributed by atoms with E-state index in [2.05, 4.69) is 24.5 Å². The average Bonchev–Trinajstić information content (AvgIpc) is 2.70. The lowest BCUT2D eigenvalue weighted by molar-refractivity contribution is -0.127. The number of carbonyl (C=O) groups is 2. The first-order chi connectivity index (χ1) is 13.8. The van der Waals surface area contributed by atoms with Gasteiger partial charge in [-0.05, 0) is 67.3 Å². The minimum atomic E-state index is -0.628. The quantitative estimate of drug-likeness (QED) is 0.635. The predicted octanol–water partition coefficient (Wildman–Crippen LogP) is 3.44. The number of aryl methyl sites for hydroxylation is 1. The van der Waals surface area contributed by atoms with Gasteiger partial charge in [0.05, 0.1) is 7.11 Å². The molecule has 156 valence electrons. The SMILES string of the molecule is COc1ccc(C(=O)NCCNC(=O)C(C)Oc2ccc(C(C)C)c(C)c2)cc1. The van der Waals surface area contributed by atoms with Crippen molar-refractivity contribution in [2.75, 3.05) is 20.2 Å². The third-order valence-corrected chi connectivity index (χ3v) is 4.61. The number of carbonyl (C=O) groups excluding carboxylic acids is 2. The van der Waals surface area contributed by atoms with Gasteiger partial charge in [-0.15, -0.1) is 0 Å². The lowest BCUT2D eigenvalue weighted by Crippen LogP contribution is -2.40. The van der Waals surface area contributed by atoms with Crippen LogP contribution in [0.25, 0.3) is 0 Å². The summed E-state index contributed by atoms with van der Waals surface area (Å²) in [5, 5.41) is 5.54. The molecule has 6 heteroatoms. The monoisotopic (exact) mass is 398 g/mol. The van der Waals surface area contributed by atoms with E-state index < -0.39 is 6.10 Å². The molecule has 0 aromatic heterocycles. The van der Waals surface area contributed by atoms with Crippen LogP contribution in [0, 0.1) is 6.92 Å². The molecule has 0 aliphatic heterocycles. The summed E-state index contributed by atoms with van der Waals surface area (Å²) in [6.45, 7) is 8.68. The Morgan fingerprint density at radius 2 is 1.55 bits per heavy atom. The Morgan fingerprint density at radius 1 is 0.931 bits per heavy atom. The molecule has 0 heterocycles. The van der Waals surface area contributed by atoms with Crippen molar-refractivity contribution in [3.05, 3.63) is 59.2 Å². The highest BCUT2D eigenvalue weighted by Gasteiger charge is 2.15. The summed E-state index contributed by atoms with van der Waals surface area (Å²) in [6.07, 6.45) is -0.628. The number of amides is 2. The molecular weight excluding hydrogens is 368 g/mol. The standard InChI is InChI=1S/C23H30N2O4/c1-15(2)21-11-10-20(14-16(21)3)29-17(4)22(26)24-12-13-25-23(27)18-6-8-19(28-5)9-7-18/h6-11,14-15,17H,12-13H2,1-5H3,(H,24,26)(H,25,27). The number of benzene rings is 2. The molecule has 2 rings (SSSR count). The van der Waals surface area contributed by atoms with Crippen molar-refractivity contribution < 1.29 is 19.1 Å². The van der Waals surface area contributed by atoms with Crippen LogP contribution in [-0.2, 0) is 4.79 Å². The molecule has 29 heavy (non-hydrogen) atoms. The first kappa shape index (κ1) is 22.3. The van der Waals surface area contributed by atoms with Crippen molar-refractivity contribution in [3.8, 4) is 11.5 Å². The second-order valence-electron chi connectivity index (χ2n) is 7.21. The van der Waals surface area contributed by atoms with E-state index in [-0.39, 0.29) is 11.8 Å². The van der Waals surface area contributed by atoms with Gasteiger partial charge in [0.25, 0.3) is 11.8 Å². The number of hydrogen-bond donors (Lipinski definition) is 2. The van der Waals surface area contributed by atoms with Gasteiger partial charge in [-0.3, -0.25) is 9.59 Å². The molecule has 2 amide bonds. The molecule has 0 aliphatic carbocycles. The molecule has 0 saturated carbocycles. The molecule has 2 aromatic rings. The van der Waals surface area contributed by atoms with E-state index in [1.54, 1.807) is 38.3 Å². The zero-order valence-electron chi connectivity index (χ0n) is 17.7. The fourth-order valence-corrected chi connectivity index (χ4v) is 2.98. The van der Waals surface area contributed by atoms with Gasteiger partial charge < -0.3 is 20.1 Å². The van der Waals surface area contributed by atoms with Gasteiger partial charge in [0.1, 0.15) is 11.5 Å². The fraction of sp³-hybridized carbons (Fsp3) is 0.391. The normalized spacial score (nSPS) is 11.7. The zero-order chi connectivity index (χ0) is 21.4. The fourth-order valence-electron chi connectivity index (χ4n) is 2.98. The Bertz CT molecular complexity index is 831. The van der Waals surface area contributed by atoms with Gasteiger partial charge in [0.2, 0.25) is 0 Å². The maximum Gasteiger partial charge on any atom is 0.260 e. The predicted molar refractivity (Wildman–Crippen MR) is 114 cm³/mol. The molecule has 1 unspecified atom stereocenters. The number of hydrogen-bond acceptors (Lipinski definition) is 4. The van der Waals surface area contributed by atoms with Crippen LogP contribution in [0.1, 0.15) is 48.2 Å². The van der Waals surface area contributed by atoms with Crippen molar-refractivity contribution in [2.24, 2.45) is 0 Å². The molecule has 1 atom stereocenters. The summed E-state index contributed by atoms with van der Waals surface area (Å²) in [6, 6.07) is 12.7. The summed E-state index contributed by atoms with van der Waals surface area (Å²) in [5.41, 5.74) is 2.95. The third-order valence-electron chi connectivity index (χ3n) is 4.61. The van der Waals surface area contributed by atoms with Crippen molar-refractivity contribution >= 4 is 11.8 Å². The van der Waals surface area contributed by atoms with E-state index in [0.29, 0.717) is 36.1 Å². The van der Waals surface area contributed by atoms with Crippen LogP contribution in [0.3, 0.4) is 0 Å². The van der Waals surface area contributed by atoms with Crippen molar-refractivity contribution in [1.29, 1.82) is 0 Å². The highest BCUT2D eigenvalue weighted by atomic mass is 16.5. The number of methoxy groups -OCH3 is 1. The average molecular weight is 399 g/mol. The summed E-state index contributed by atoms with van der Waals surface area (Å²) in [5.74, 6) is 1.37. The molecule has 6 nitrogen and oxygen atoms in total. The Balaban J connectivity index is 1.75. The first-order valence-electron chi connectivity index (χ1n) is 9.79. The van der Waals surface area contributed by atoms with Gasteiger partial charge in [-0.2, -0.15) is 0 Å². The molecule has 0 saturated heterocycles. The molecule has 0 bridgehead atoms. The Labute approximate surface area is 172 Å². The molecule has 0 fully saturated rings. The third kappa shape index (κ3) is 6.52. The topological polar surface area (TPSA) is 76.7 Å². The lowest BCUT2D eigenvalue weighted by atomic mass is 9.98. The summed E-state index contributed by atoms with van der Waals surface area (Å²) in [7, 11) is 1.57. The highest BCUT2D eigenvalue weighted by molar-refractivity contribution is 5.94. The maximum atomic E-state index is 12.2. The maximum absolute atomic E-state index is 12.2. The minimum absolute atomic E-state index is 0.202. The minimum Gasteiger partial charge on any atom is -0.497 e. The summed E-state index contributed by atoms with van der Waals surface area (Å²) in [4.78, 5) is 24.3.